The molecular formula is C9H7BrClIO2. The minimum Gasteiger partial charge on any atom is -0.497 e. The van der Waals surface area contributed by atoms with Crippen LogP contribution < -0.4 is 4.74 Å². The molecule has 2 nitrogen and oxygen atoms in total. The molecule has 1 rings (SSSR count). The highest BCUT2D eigenvalue weighted by atomic mass is 127. The van der Waals surface area contributed by atoms with Crippen LogP contribution in [0.5, 0.6) is 5.75 Å². The minimum absolute atomic E-state index is 0.0492. The van der Waals surface area contributed by atoms with Crippen molar-refractivity contribution in [3.8, 4) is 5.75 Å². The second-order valence-electron chi connectivity index (χ2n) is 2.53. The second-order valence-corrected chi connectivity index (χ2v) is 4.63. The number of alkyl halides is 1. The summed E-state index contributed by atoms with van der Waals surface area (Å²) in [6, 6.07) is 3.43. The Bertz CT molecular complexity index is 368. The van der Waals surface area contributed by atoms with Gasteiger partial charge in [0.1, 0.15) is 5.75 Å². The van der Waals surface area contributed by atoms with E-state index in [2.05, 4.69) is 38.5 Å². The predicted octanol–water partition coefficient (Wildman–Crippen LogP) is 3.53. The SMILES string of the molecule is COc1cc(I)c(Cl)c(C(=O)CBr)c1. The van der Waals surface area contributed by atoms with E-state index in [9.17, 15) is 4.79 Å². The largest absolute Gasteiger partial charge is 0.497 e. The molecule has 0 aliphatic rings. The maximum atomic E-state index is 11.5. The van der Waals surface area contributed by atoms with Crippen LogP contribution in [0.4, 0.5) is 0 Å². The van der Waals surface area contributed by atoms with Gasteiger partial charge in [-0.05, 0) is 34.7 Å². The topological polar surface area (TPSA) is 26.3 Å². The molecule has 76 valence electrons. The van der Waals surface area contributed by atoms with Gasteiger partial charge >= 0.3 is 0 Å². The van der Waals surface area contributed by atoms with Gasteiger partial charge in [-0.15, -0.1) is 0 Å². The molecule has 0 aliphatic carbocycles. The first kappa shape index (κ1) is 12.3. The number of halogens is 3. The van der Waals surface area contributed by atoms with Crippen molar-refractivity contribution in [3.05, 3.63) is 26.3 Å². The molecule has 0 unspecified atom stereocenters. The number of hydrogen-bond donors (Lipinski definition) is 0. The molecule has 0 fully saturated rings. The van der Waals surface area contributed by atoms with Crippen LogP contribution in [0.3, 0.4) is 0 Å². The molecule has 1 aromatic carbocycles. The maximum absolute atomic E-state index is 11.5. The fraction of sp³-hybridized carbons (Fsp3) is 0.222. The highest BCUT2D eigenvalue weighted by molar-refractivity contribution is 14.1. The van der Waals surface area contributed by atoms with E-state index in [0.717, 1.165) is 3.57 Å². The van der Waals surface area contributed by atoms with Crippen LogP contribution in [0.15, 0.2) is 12.1 Å². The Morgan fingerprint density at radius 3 is 2.79 bits per heavy atom. The first-order valence-electron chi connectivity index (χ1n) is 3.72. The molecule has 0 amide bonds. The van der Waals surface area contributed by atoms with E-state index >= 15 is 0 Å². The van der Waals surface area contributed by atoms with Crippen molar-refractivity contribution in [1.29, 1.82) is 0 Å². The van der Waals surface area contributed by atoms with Crippen molar-refractivity contribution in [2.45, 2.75) is 0 Å². The molecule has 0 aromatic heterocycles. The van der Waals surface area contributed by atoms with Gasteiger partial charge in [0.2, 0.25) is 0 Å². The molecule has 0 aliphatic heterocycles. The third-order valence-electron chi connectivity index (χ3n) is 1.66. The number of benzene rings is 1. The molecular weight excluding hydrogens is 382 g/mol. The molecule has 0 bridgehead atoms. The van der Waals surface area contributed by atoms with Crippen LogP contribution in [0.2, 0.25) is 5.02 Å². The van der Waals surface area contributed by atoms with Crippen LogP contribution in [-0.4, -0.2) is 18.2 Å². The zero-order chi connectivity index (χ0) is 10.7. The zero-order valence-electron chi connectivity index (χ0n) is 7.31. The molecule has 0 heterocycles. The minimum atomic E-state index is -0.0492. The third kappa shape index (κ3) is 2.61. The summed E-state index contributed by atoms with van der Waals surface area (Å²) in [5.74, 6) is 0.593. The summed E-state index contributed by atoms with van der Waals surface area (Å²) in [6.45, 7) is 0. The predicted molar refractivity (Wildman–Crippen MR) is 68.8 cm³/mol. The van der Waals surface area contributed by atoms with Crippen LogP contribution in [-0.2, 0) is 0 Å². The lowest BCUT2D eigenvalue weighted by Crippen LogP contribution is -2.02. The zero-order valence-corrected chi connectivity index (χ0v) is 11.8. The Labute approximate surface area is 109 Å². The van der Waals surface area contributed by atoms with Crippen LogP contribution in [0.1, 0.15) is 10.4 Å². The molecule has 0 N–H and O–H groups in total. The van der Waals surface area contributed by atoms with E-state index in [1.165, 1.54) is 0 Å². The van der Waals surface area contributed by atoms with E-state index < -0.39 is 0 Å². The molecule has 14 heavy (non-hydrogen) atoms. The van der Waals surface area contributed by atoms with Crippen LogP contribution in [0, 0.1) is 3.57 Å². The van der Waals surface area contributed by atoms with Gasteiger partial charge in [-0.3, -0.25) is 4.79 Å². The number of rotatable bonds is 3. The lowest BCUT2D eigenvalue weighted by Gasteiger charge is -2.07. The number of methoxy groups -OCH3 is 1. The Morgan fingerprint density at radius 1 is 1.64 bits per heavy atom. The quantitative estimate of drug-likeness (QED) is 0.449. The second kappa shape index (κ2) is 5.32. The van der Waals surface area contributed by atoms with Crippen molar-refractivity contribution in [1.82, 2.24) is 0 Å². The highest BCUT2D eigenvalue weighted by Gasteiger charge is 2.13. The molecule has 0 saturated heterocycles. The van der Waals surface area contributed by atoms with Gasteiger partial charge in [0.25, 0.3) is 0 Å². The van der Waals surface area contributed by atoms with Crippen molar-refractivity contribution in [2.75, 3.05) is 12.4 Å². The summed E-state index contributed by atoms with van der Waals surface area (Å²) in [5.41, 5.74) is 0.493. The monoisotopic (exact) mass is 388 g/mol. The van der Waals surface area contributed by atoms with Crippen LogP contribution in [0.25, 0.3) is 0 Å². The number of ketones is 1. The Morgan fingerprint density at radius 2 is 2.29 bits per heavy atom. The van der Waals surface area contributed by atoms with E-state index in [-0.39, 0.29) is 11.1 Å². The summed E-state index contributed by atoms with van der Waals surface area (Å²) >= 11 is 11.2. The van der Waals surface area contributed by atoms with Crippen molar-refractivity contribution in [3.63, 3.8) is 0 Å². The summed E-state index contributed by atoms with van der Waals surface area (Å²) in [4.78, 5) is 11.5. The first-order chi connectivity index (χ1) is 6.60. The number of carbonyl (C=O) groups is 1. The molecule has 0 radical (unpaired) electrons. The Kier molecular flexibility index (Phi) is 4.66. The first-order valence-corrected chi connectivity index (χ1v) is 6.30. The van der Waals surface area contributed by atoms with Gasteiger partial charge in [0.05, 0.1) is 17.5 Å². The fourth-order valence-electron chi connectivity index (χ4n) is 0.957. The van der Waals surface area contributed by atoms with E-state index in [1.807, 2.05) is 0 Å². The van der Waals surface area contributed by atoms with Gasteiger partial charge in [-0.25, -0.2) is 0 Å². The highest BCUT2D eigenvalue weighted by Crippen LogP contribution is 2.28. The molecule has 0 atom stereocenters. The average molecular weight is 389 g/mol. The number of ether oxygens (including phenoxy) is 1. The smallest absolute Gasteiger partial charge is 0.175 e. The van der Waals surface area contributed by atoms with Gasteiger partial charge in [0, 0.05) is 9.13 Å². The van der Waals surface area contributed by atoms with Gasteiger partial charge in [0.15, 0.2) is 5.78 Å². The number of carbonyl (C=O) groups excluding carboxylic acids is 1. The summed E-state index contributed by atoms with van der Waals surface area (Å²) in [6.07, 6.45) is 0. The lowest BCUT2D eigenvalue weighted by atomic mass is 10.1. The van der Waals surface area contributed by atoms with Crippen molar-refractivity contribution < 1.29 is 9.53 Å². The Hall–Kier alpha value is 0.190. The number of Topliss-reactive ketones (excluding diaryl/α,β-unsaturated/α-hetero) is 1. The van der Waals surface area contributed by atoms with Gasteiger partial charge in [-0.2, -0.15) is 0 Å². The van der Waals surface area contributed by atoms with Crippen LogP contribution >= 0.6 is 50.1 Å². The van der Waals surface area contributed by atoms with Gasteiger partial charge in [-0.1, -0.05) is 27.5 Å². The summed E-state index contributed by atoms with van der Waals surface area (Å²) in [5, 5.41) is 0.742. The lowest BCUT2D eigenvalue weighted by molar-refractivity contribution is 0.102. The van der Waals surface area contributed by atoms with Crippen molar-refractivity contribution in [2.24, 2.45) is 0 Å². The average Bonchev–Trinajstić information content (AvgIpc) is 2.20. The molecule has 5 heteroatoms. The maximum Gasteiger partial charge on any atom is 0.175 e. The van der Waals surface area contributed by atoms with E-state index in [0.29, 0.717) is 16.3 Å². The Balaban J connectivity index is 3.27. The summed E-state index contributed by atoms with van der Waals surface area (Å²) in [7, 11) is 1.56. The number of hydrogen-bond acceptors (Lipinski definition) is 2. The van der Waals surface area contributed by atoms with Crippen molar-refractivity contribution >= 4 is 55.9 Å². The molecule has 0 saturated carbocycles. The fourth-order valence-corrected chi connectivity index (χ4v) is 2.07. The third-order valence-corrected chi connectivity index (χ3v) is 3.75. The molecule has 1 aromatic rings. The standard InChI is InChI=1S/C9H7BrClIO2/c1-14-5-2-6(8(13)4-10)9(11)7(12)3-5/h2-3H,4H2,1H3. The molecule has 0 spiro atoms. The summed E-state index contributed by atoms with van der Waals surface area (Å²) < 4.78 is 5.87. The normalized spacial score (nSPS) is 10.0. The van der Waals surface area contributed by atoms with Gasteiger partial charge < -0.3 is 4.74 Å². The van der Waals surface area contributed by atoms with E-state index in [4.69, 9.17) is 16.3 Å². The van der Waals surface area contributed by atoms with E-state index in [1.54, 1.807) is 19.2 Å².